The summed E-state index contributed by atoms with van der Waals surface area (Å²) in [4.78, 5) is 7.83. The van der Waals surface area contributed by atoms with Crippen molar-refractivity contribution in [1.29, 1.82) is 0 Å². The van der Waals surface area contributed by atoms with E-state index in [1.807, 2.05) is 0 Å². The van der Waals surface area contributed by atoms with Crippen molar-refractivity contribution < 1.29 is 14.9 Å². The molecule has 0 radical (unpaired) electrons. The summed E-state index contributed by atoms with van der Waals surface area (Å²) in [7, 11) is 1.52. The molecule has 78 valence electrons. The van der Waals surface area contributed by atoms with Crippen LogP contribution in [0.4, 0.5) is 5.95 Å². The van der Waals surface area contributed by atoms with E-state index >= 15 is 0 Å². The third-order valence-electron chi connectivity index (χ3n) is 1.64. The molecule has 1 heterocycles. The van der Waals surface area contributed by atoms with Crippen LogP contribution in [0.2, 0.25) is 0 Å². The van der Waals surface area contributed by atoms with Gasteiger partial charge in [-0.05, 0) is 0 Å². The Morgan fingerprint density at radius 3 is 2.36 bits per heavy atom. The van der Waals surface area contributed by atoms with Gasteiger partial charge in [-0.3, -0.25) is 0 Å². The molecule has 1 aromatic heterocycles. The number of aliphatic hydroxyl groups excluding tert-OH is 2. The highest BCUT2D eigenvalue weighted by atomic mass is 16.5. The van der Waals surface area contributed by atoms with Crippen molar-refractivity contribution >= 4 is 5.95 Å². The van der Waals surface area contributed by atoms with Crippen LogP contribution in [-0.4, -0.2) is 46.5 Å². The van der Waals surface area contributed by atoms with Gasteiger partial charge in [-0.2, -0.15) is 0 Å². The minimum Gasteiger partial charge on any atom is -0.494 e. The number of rotatable bonds is 5. The Balaban J connectivity index is 2.58. The van der Waals surface area contributed by atoms with Gasteiger partial charge in [-0.25, -0.2) is 9.97 Å². The zero-order valence-electron chi connectivity index (χ0n) is 7.84. The highest BCUT2D eigenvalue weighted by Gasteiger charge is 2.06. The Kier molecular flexibility index (Phi) is 4.09. The van der Waals surface area contributed by atoms with E-state index in [9.17, 15) is 0 Å². The van der Waals surface area contributed by atoms with Gasteiger partial charge >= 0.3 is 0 Å². The van der Waals surface area contributed by atoms with E-state index in [0.29, 0.717) is 11.7 Å². The number of aromatic nitrogens is 2. The maximum absolute atomic E-state index is 8.79. The van der Waals surface area contributed by atoms with E-state index in [2.05, 4.69) is 15.3 Å². The number of aliphatic hydroxyl groups is 2. The molecule has 0 aliphatic heterocycles. The van der Waals surface area contributed by atoms with Gasteiger partial charge in [0.25, 0.3) is 0 Å². The van der Waals surface area contributed by atoms with E-state index in [0.717, 1.165) is 0 Å². The first kappa shape index (κ1) is 10.7. The Hall–Kier alpha value is -1.40. The van der Waals surface area contributed by atoms with E-state index in [1.54, 1.807) is 0 Å². The summed E-state index contributed by atoms with van der Waals surface area (Å²) >= 11 is 0. The lowest BCUT2D eigenvalue weighted by atomic mass is 10.3. The van der Waals surface area contributed by atoms with Crippen molar-refractivity contribution in [2.75, 3.05) is 25.6 Å². The smallest absolute Gasteiger partial charge is 0.223 e. The quantitative estimate of drug-likeness (QED) is 0.578. The van der Waals surface area contributed by atoms with Crippen molar-refractivity contribution in [2.45, 2.75) is 6.04 Å². The van der Waals surface area contributed by atoms with Crippen molar-refractivity contribution in [3.8, 4) is 5.75 Å². The summed E-state index contributed by atoms with van der Waals surface area (Å²) in [5, 5.41) is 20.3. The number of anilines is 1. The Morgan fingerprint density at radius 1 is 1.36 bits per heavy atom. The summed E-state index contributed by atoms with van der Waals surface area (Å²) in [6.07, 6.45) is 3.00. The lowest BCUT2D eigenvalue weighted by Crippen LogP contribution is -2.28. The Morgan fingerprint density at radius 2 is 1.93 bits per heavy atom. The number of methoxy groups -OCH3 is 1. The first-order chi connectivity index (χ1) is 6.80. The fraction of sp³-hybridized carbons (Fsp3) is 0.500. The van der Waals surface area contributed by atoms with Gasteiger partial charge in [0, 0.05) is 0 Å². The van der Waals surface area contributed by atoms with Gasteiger partial charge in [0.2, 0.25) is 5.95 Å². The van der Waals surface area contributed by atoms with Crippen LogP contribution in [-0.2, 0) is 0 Å². The Labute approximate surface area is 81.6 Å². The van der Waals surface area contributed by atoms with E-state index in [4.69, 9.17) is 14.9 Å². The normalized spacial score (nSPS) is 10.3. The molecule has 3 N–H and O–H groups in total. The predicted molar refractivity (Wildman–Crippen MR) is 50.2 cm³/mol. The van der Waals surface area contributed by atoms with E-state index < -0.39 is 6.04 Å². The second-order valence-electron chi connectivity index (χ2n) is 2.65. The highest BCUT2D eigenvalue weighted by Crippen LogP contribution is 2.07. The predicted octanol–water partition coefficient (Wildman–Crippen LogP) is -0.750. The first-order valence-corrected chi connectivity index (χ1v) is 4.14. The average Bonchev–Trinajstić information content (AvgIpc) is 2.26. The number of hydrogen-bond acceptors (Lipinski definition) is 6. The van der Waals surface area contributed by atoms with Gasteiger partial charge in [0.1, 0.15) is 0 Å². The summed E-state index contributed by atoms with van der Waals surface area (Å²) in [5.74, 6) is 0.902. The van der Waals surface area contributed by atoms with Crippen molar-refractivity contribution in [2.24, 2.45) is 0 Å². The number of ether oxygens (including phenoxy) is 1. The van der Waals surface area contributed by atoms with Gasteiger partial charge in [0.15, 0.2) is 5.75 Å². The second kappa shape index (κ2) is 5.36. The molecule has 0 bridgehead atoms. The Bertz CT molecular complexity index is 261. The average molecular weight is 199 g/mol. The van der Waals surface area contributed by atoms with Crippen LogP contribution in [0.1, 0.15) is 0 Å². The molecule has 0 saturated heterocycles. The molecular formula is C8H13N3O3. The van der Waals surface area contributed by atoms with Crippen molar-refractivity contribution in [3.63, 3.8) is 0 Å². The van der Waals surface area contributed by atoms with Gasteiger partial charge in [0.05, 0.1) is 38.8 Å². The van der Waals surface area contributed by atoms with E-state index in [1.165, 1.54) is 19.5 Å². The fourth-order valence-corrected chi connectivity index (χ4v) is 0.828. The molecule has 0 aromatic carbocycles. The molecule has 0 unspecified atom stereocenters. The van der Waals surface area contributed by atoms with Crippen LogP contribution in [0.15, 0.2) is 12.4 Å². The molecule has 1 rings (SSSR count). The largest absolute Gasteiger partial charge is 0.494 e. The molecule has 6 nitrogen and oxygen atoms in total. The molecule has 0 spiro atoms. The monoisotopic (exact) mass is 199 g/mol. The number of nitrogens with one attached hydrogen (secondary N) is 1. The van der Waals surface area contributed by atoms with Gasteiger partial charge in [-0.15, -0.1) is 0 Å². The van der Waals surface area contributed by atoms with Crippen LogP contribution in [0, 0.1) is 0 Å². The zero-order chi connectivity index (χ0) is 10.4. The topological polar surface area (TPSA) is 87.5 Å². The lowest BCUT2D eigenvalue weighted by Gasteiger charge is -2.12. The molecule has 0 saturated carbocycles. The van der Waals surface area contributed by atoms with Crippen LogP contribution >= 0.6 is 0 Å². The van der Waals surface area contributed by atoms with Crippen molar-refractivity contribution in [1.82, 2.24) is 9.97 Å². The molecule has 0 fully saturated rings. The standard InChI is InChI=1S/C8H13N3O3/c1-14-7-2-9-8(10-3-7)11-6(4-12)5-13/h2-3,6,12-13H,4-5H2,1H3,(H,9,10,11). The van der Waals surface area contributed by atoms with Gasteiger partial charge < -0.3 is 20.3 Å². The lowest BCUT2D eigenvalue weighted by molar-refractivity contribution is 0.203. The van der Waals surface area contributed by atoms with Crippen LogP contribution in [0.3, 0.4) is 0 Å². The molecule has 0 amide bonds. The summed E-state index contributed by atoms with van der Waals surface area (Å²) in [6.45, 7) is -0.349. The summed E-state index contributed by atoms with van der Waals surface area (Å²) < 4.78 is 4.88. The second-order valence-corrected chi connectivity index (χ2v) is 2.65. The first-order valence-electron chi connectivity index (χ1n) is 4.14. The maximum atomic E-state index is 8.79. The molecule has 0 atom stereocenters. The van der Waals surface area contributed by atoms with Crippen LogP contribution in [0.25, 0.3) is 0 Å². The van der Waals surface area contributed by atoms with Crippen LogP contribution in [0.5, 0.6) is 5.75 Å². The minimum atomic E-state index is -0.441. The minimum absolute atomic E-state index is 0.175. The van der Waals surface area contributed by atoms with Crippen molar-refractivity contribution in [3.05, 3.63) is 12.4 Å². The zero-order valence-corrected chi connectivity index (χ0v) is 7.84. The fourth-order valence-electron chi connectivity index (χ4n) is 0.828. The van der Waals surface area contributed by atoms with Crippen LogP contribution < -0.4 is 10.1 Å². The summed E-state index contributed by atoms with van der Waals surface area (Å²) in [5.41, 5.74) is 0. The summed E-state index contributed by atoms with van der Waals surface area (Å²) in [6, 6.07) is -0.441. The molecular weight excluding hydrogens is 186 g/mol. The van der Waals surface area contributed by atoms with Gasteiger partial charge in [-0.1, -0.05) is 0 Å². The molecule has 1 aromatic rings. The molecule has 6 heteroatoms. The third-order valence-corrected chi connectivity index (χ3v) is 1.64. The SMILES string of the molecule is COc1cnc(NC(CO)CO)nc1. The molecule has 14 heavy (non-hydrogen) atoms. The number of hydrogen-bond donors (Lipinski definition) is 3. The maximum Gasteiger partial charge on any atom is 0.223 e. The number of nitrogens with zero attached hydrogens (tertiary/aromatic N) is 2. The molecule has 0 aliphatic rings. The third kappa shape index (κ3) is 2.82. The highest BCUT2D eigenvalue weighted by molar-refractivity contribution is 5.28. The molecule has 0 aliphatic carbocycles. The van der Waals surface area contributed by atoms with E-state index in [-0.39, 0.29) is 13.2 Å².